The third-order valence-electron chi connectivity index (χ3n) is 3.68. The zero-order valence-electron chi connectivity index (χ0n) is 12.5. The second-order valence-electron chi connectivity index (χ2n) is 5.33. The van der Waals surface area contributed by atoms with Gasteiger partial charge in [-0.15, -0.1) is 11.3 Å². The molecule has 0 aromatic carbocycles. The van der Waals surface area contributed by atoms with Gasteiger partial charge in [0.05, 0.1) is 17.8 Å². The van der Waals surface area contributed by atoms with Gasteiger partial charge in [0.25, 0.3) is 0 Å². The Morgan fingerprint density at radius 2 is 2.17 bits per heavy atom. The first-order chi connectivity index (χ1) is 11.2. The molecular formula is C15H15N5OS2. The van der Waals surface area contributed by atoms with Crippen molar-refractivity contribution in [2.24, 2.45) is 7.05 Å². The number of anilines is 1. The van der Waals surface area contributed by atoms with Gasteiger partial charge in [-0.2, -0.15) is 16.9 Å². The molecule has 0 atom stereocenters. The van der Waals surface area contributed by atoms with Crippen molar-refractivity contribution in [1.82, 2.24) is 19.3 Å². The molecule has 1 aliphatic rings. The van der Waals surface area contributed by atoms with Gasteiger partial charge in [-0.1, -0.05) is 0 Å². The summed E-state index contributed by atoms with van der Waals surface area (Å²) in [7, 11) is 1.87. The van der Waals surface area contributed by atoms with E-state index in [0.717, 1.165) is 39.4 Å². The Kier molecular flexibility index (Phi) is 3.70. The number of thiazole rings is 1. The molecule has 8 heteroatoms. The third-order valence-corrected chi connectivity index (χ3v) is 5.55. The number of nitrogens with one attached hydrogen (secondary N) is 1. The maximum absolute atomic E-state index is 12.3. The monoisotopic (exact) mass is 345 g/mol. The topological polar surface area (TPSA) is 64.7 Å². The molecule has 4 rings (SSSR count). The Labute approximate surface area is 141 Å². The first kappa shape index (κ1) is 14.5. The quantitative estimate of drug-likeness (QED) is 0.789. The van der Waals surface area contributed by atoms with Crippen LogP contribution in [0.15, 0.2) is 29.9 Å². The van der Waals surface area contributed by atoms with Crippen LogP contribution in [-0.4, -0.2) is 25.2 Å². The molecule has 0 bridgehead atoms. The molecule has 118 valence electrons. The van der Waals surface area contributed by atoms with E-state index in [-0.39, 0.29) is 12.3 Å². The van der Waals surface area contributed by atoms with Crippen LogP contribution < -0.4 is 5.32 Å². The number of hydrogen-bond acceptors (Lipinski definition) is 5. The molecule has 1 amide bonds. The Morgan fingerprint density at radius 3 is 3.00 bits per heavy atom. The van der Waals surface area contributed by atoms with Crippen molar-refractivity contribution in [3.63, 3.8) is 0 Å². The first-order valence-electron chi connectivity index (χ1n) is 7.21. The van der Waals surface area contributed by atoms with Gasteiger partial charge in [0.2, 0.25) is 5.91 Å². The second-order valence-corrected chi connectivity index (χ2v) is 7.15. The van der Waals surface area contributed by atoms with E-state index >= 15 is 0 Å². The summed E-state index contributed by atoms with van der Waals surface area (Å²) in [5.41, 5.74) is 3.01. The Bertz CT molecular complexity index is 849. The predicted octanol–water partition coefficient (Wildman–Crippen LogP) is 2.60. The van der Waals surface area contributed by atoms with Gasteiger partial charge in [-0.05, 0) is 12.1 Å². The van der Waals surface area contributed by atoms with Crippen molar-refractivity contribution in [3.05, 3.63) is 46.9 Å². The zero-order valence-corrected chi connectivity index (χ0v) is 14.2. The average molecular weight is 345 g/mol. The molecular weight excluding hydrogens is 330 g/mol. The Hall–Kier alpha value is -2.06. The fourth-order valence-electron chi connectivity index (χ4n) is 2.60. The van der Waals surface area contributed by atoms with Gasteiger partial charge >= 0.3 is 0 Å². The van der Waals surface area contributed by atoms with E-state index in [0.29, 0.717) is 0 Å². The fourth-order valence-corrected chi connectivity index (χ4v) is 4.42. The molecule has 6 nitrogen and oxygen atoms in total. The normalized spacial score (nSPS) is 13.3. The van der Waals surface area contributed by atoms with E-state index in [1.807, 2.05) is 53.3 Å². The Balaban J connectivity index is 1.47. The van der Waals surface area contributed by atoms with Crippen LogP contribution in [0.5, 0.6) is 0 Å². The van der Waals surface area contributed by atoms with Gasteiger partial charge in [-0.3, -0.25) is 9.48 Å². The van der Waals surface area contributed by atoms with Crippen molar-refractivity contribution in [2.45, 2.75) is 17.9 Å². The van der Waals surface area contributed by atoms with Crippen LogP contribution in [0.1, 0.15) is 17.0 Å². The number of aryl methyl sites for hydroxylation is 1. The van der Waals surface area contributed by atoms with Crippen LogP contribution in [0.3, 0.4) is 0 Å². The van der Waals surface area contributed by atoms with Crippen LogP contribution in [0, 0.1) is 0 Å². The van der Waals surface area contributed by atoms with Crippen molar-refractivity contribution < 1.29 is 4.79 Å². The van der Waals surface area contributed by atoms with E-state index in [1.54, 1.807) is 4.68 Å². The largest absolute Gasteiger partial charge is 0.310 e. The average Bonchev–Trinajstić information content (AvgIpc) is 3.26. The lowest BCUT2D eigenvalue weighted by molar-refractivity contribution is -0.115. The van der Waals surface area contributed by atoms with Crippen LogP contribution in [-0.2, 0) is 29.8 Å². The molecule has 4 heterocycles. The molecule has 0 saturated heterocycles. The van der Waals surface area contributed by atoms with Crippen molar-refractivity contribution in [1.29, 1.82) is 0 Å². The summed E-state index contributed by atoms with van der Waals surface area (Å²) in [5, 5.41) is 10.2. The summed E-state index contributed by atoms with van der Waals surface area (Å²) in [5.74, 6) is 2.59. The van der Waals surface area contributed by atoms with Crippen molar-refractivity contribution in [2.75, 3.05) is 5.32 Å². The van der Waals surface area contributed by atoms with Gasteiger partial charge < -0.3 is 9.88 Å². The number of amides is 1. The number of rotatable bonds is 4. The van der Waals surface area contributed by atoms with Gasteiger partial charge in [0.15, 0.2) is 5.13 Å². The number of nitrogens with zero attached hydrogens (tertiary/aromatic N) is 4. The fraction of sp³-hybridized carbons (Fsp3) is 0.267. The SMILES string of the molecule is Cn1nc2c(c1NC(=O)Cc1csc(-n3cccc3)n1)CSC2. The van der Waals surface area contributed by atoms with Crippen molar-refractivity contribution in [3.8, 4) is 5.13 Å². The maximum atomic E-state index is 12.3. The molecule has 3 aromatic rings. The lowest BCUT2D eigenvalue weighted by Gasteiger charge is -2.06. The molecule has 0 saturated carbocycles. The summed E-state index contributed by atoms with van der Waals surface area (Å²) in [4.78, 5) is 16.8. The smallest absolute Gasteiger partial charge is 0.231 e. The van der Waals surface area contributed by atoms with Crippen LogP contribution in [0.25, 0.3) is 5.13 Å². The highest BCUT2D eigenvalue weighted by molar-refractivity contribution is 7.98. The highest BCUT2D eigenvalue weighted by Crippen LogP contribution is 2.34. The molecule has 0 unspecified atom stereocenters. The number of fused-ring (bicyclic) bond motifs is 1. The summed E-state index contributed by atoms with van der Waals surface area (Å²) in [6, 6.07) is 3.91. The lowest BCUT2D eigenvalue weighted by atomic mass is 10.2. The highest BCUT2D eigenvalue weighted by Gasteiger charge is 2.22. The van der Waals surface area contributed by atoms with E-state index in [9.17, 15) is 4.79 Å². The zero-order chi connectivity index (χ0) is 15.8. The summed E-state index contributed by atoms with van der Waals surface area (Å²) >= 11 is 3.36. The van der Waals surface area contributed by atoms with Crippen LogP contribution in [0.4, 0.5) is 5.82 Å². The second kappa shape index (κ2) is 5.86. The highest BCUT2D eigenvalue weighted by atomic mass is 32.2. The standard InChI is InChI=1S/C15H15N5OS2/c1-19-14(11-8-22-9-12(11)18-19)17-13(21)6-10-7-23-15(16-10)20-4-2-3-5-20/h2-5,7H,6,8-9H2,1H3,(H,17,21). The predicted molar refractivity (Wildman–Crippen MR) is 92.0 cm³/mol. The molecule has 3 aromatic heterocycles. The van der Waals surface area contributed by atoms with Gasteiger partial charge in [-0.25, -0.2) is 4.98 Å². The molecule has 1 N–H and O–H groups in total. The minimum Gasteiger partial charge on any atom is -0.310 e. The summed E-state index contributed by atoms with van der Waals surface area (Å²) < 4.78 is 3.70. The van der Waals surface area contributed by atoms with Crippen LogP contribution >= 0.6 is 23.1 Å². The summed E-state index contributed by atoms with van der Waals surface area (Å²) in [6.07, 6.45) is 4.16. The van der Waals surface area contributed by atoms with Crippen LogP contribution in [0.2, 0.25) is 0 Å². The molecule has 0 radical (unpaired) electrons. The first-order valence-corrected chi connectivity index (χ1v) is 9.24. The number of aromatic nitrogens is 4. The molecule has 0 spiro atoms. The lowest BCUT2D eigenvalue weighted by Crippen LogP contribution is -2.17. The van der Waals surface area contributed by atoms with E-state index < -0.39 is 0 Å². The Morgan fingerprint density at radius 1 is 1.35 bits per heavy atom. The summed E-state index contributed by atoms with van der Waals surface area (Å²) in [6.45, 7) is 0. The van der Waals surface area contributed by atoms with E-state index in [1.165, 1.54) is 11.3 Å². The van der Waals surface area contributed by atoms with E-state index in [4.69, 9.17) is 0 Å². The minimum atomic E-state index is -0.0583. The van der Waals surface area contributed by atoms with E-state index in [2.05, 4.69) is 15.4 Å². The van der Waals surface area contributed by atoms with Crippen molar-refractivity contribution >= 4 is 34.8 Å². The van der Waals surface area contributed by atoms with Gasteiger partial charge in [0, 0.05) is 41.9 Å². The number of carbonyl (C=O) groups excluding carboxylic acids is 1. The van der Waals surface area contributed by atoms with Gasteiger partial charge in [0.1, 0.15) is 5.82 Å². The molecule has 0 fully saturated rings. The minimum absolute atomic E-state index is 0.0583. The number of carbonyl (C=O) groups is 1. The molecule has 23 heavy (non-hydrogen) atoms. The number of hydrogen-bond donors (Lipinski definition) is 1. The third kappa shape index (κ3) is 2.79. The number of thioether (sulfide) groups is 1. The maximum Gasteiger partial charge on any atom is 0.231 e. The molecule has 1 aliphatic heterocycles. The molecule has 0 aliphatic carbocycles.